The van der Waals surface area contributed by atoms with Gasteiger partial charge >= 0.3 is 0 Å². The van der Waals surface area contributed by atoms with E-state index < -0.39 is 0 Å². The van der Waals surface area contributed by atoms with Gasteiger partial charge in [-0.25, -0.2) is 0 Å². The fourth-order valence-corrected chi connectivity index (χ4v) is 2.06. The molecule has 0 unspecified atom stereocenters. The van der Waals surface area contributed by atoms with E-state index in [1.54, 1.807) is 6.92 Å². The van der Waals surface area contributed by atoms with E-state index in [1.165, 1.54) is 5.56 Å². The Morgan fingerprint density at radius 2 is 1.82 bits per heavy atom. The van der Waals surface area contributed by atoms with Crippen LogP contribution in [0, 0.1) is 0 Å². The summed E-state index contributed by atoms with van der Waals surface area (Å²) in [4.78, 5) is 0. The first-order chi connectivity index (χ1) is 8.13. The molecule has 1 aromatic carbocycles. The van der Waals surface area contributed by atoms with Crippen molar-refractivity contribution in [3.8, 4) is 0 Å². The summed E-state index contributed by atoms with van der Waals surface area (Å²) < 4.78 is 6.03. The average Bonchev–Trinajstić information content (AvgIpc) is 2.28. The standard InChI is InChI=1S/C15H24O2/c1-4-8-15(14-9-6-5-7-10-14)17-13(3)11-12(2)16/h5-7,9-10,12-13,15-16H,4,8,11H2,1-3H3/t12-,13-,15+/m1/s1. The second-order valence-electron chi connectivity index (χ2n) is 4.72. The average molecular weight is 236 g/mol. The van der Waals surface area contributed by atoms with E-state index in [9.17, 15) is 5.11 Å². The lowest BCUT2D eigenvalue weighted by Gasteiger charge is -2.23. The molecule has 0 aliphatic heterocycles. The van der Waals surface area contributed by atoms with Crippen LogP contribution in [0.2, 0.25) is 0 Å². The second kappa shape index (κ2) is 7.46. The van der Waals surface area contributed by atoms with Gasteiger partial charge in [-0.2, -0.15) is 0 Å². The van der Waals surface area contributed by atoms with Gasteiger partial charge in [-0.1, -0.05) is 43.7 Å². The molecule has 0 aliphatic carbocycles. The van der Waals surface area contributed by atoms with Crippen LogP contribution in [0.5, 0.6) is 0 Å². The number of ether oxygens (including phenoxy) is 1. The minimum atomic E-state index is -0.303. The molecule has 0 saturated heterocycles. The number of aliphatic hydroxyl groups is 1. The highest BCUT2D eigenvalue weighted by atomic mass is 16.5. The molecule has 0 heterocycles. The second-order valence-corrected chi connectivity index (χ2v) is 4.72. The van der Waals surface area contributed by atoms with Gasteiger partial charge in [-0.3, -0.25) is 0 Å². The molecule has 2 nitrogen and oxygen atoms in total. The highest BCUT2D eigenvalue weighted by Gasteiger charge is 2.15. The van der Waals surface area contributed by atoms with Crippen molar-refractivity contribution in [2.75, 3.05) is 0 Å². The Kier molecular flexibility index (Phi) is 6.23. The first-order valence-corrected chi connectivity index (χ1v) is 6.52. The lowest BCUT2D eigenvalue weighted by Crippen LogP contribution is -2.18. The highest BCUT2D eigenvalue weighted by Crippen LogP contribution is 2.25. The smallest absolute Gasteiger partial charge is 0.0828 e. The van der Waals surface area contributed by atoms with Gasteiger partial charge in [-0.05, 0) is 32.3 Å². The molecule has 0 saturated carbocycles. The molecule has 0 amide bonds. The van der Waals surface area contributed by atoms with Crippen molar-refractivity contribution in [2.45, 2.75) is 58.3 Å². The van der Waals surface area contributed by atoms with Crippen LogP contribution >= 0.6 is 0 Å². The van der Waals surface area contributed by atoms with E-state index in [0.717, 1.165) is 12.8 Å². The van der Waals surface area contributed by atoms with Crippen molar-refractivity contribution in [1.82, 2.24) is 0 Å². The van der Waals surface area contributed by atoms with E-state index in [0.29, 0.717) is 6.42 Å². The molecular formula is C15H24O2. The summed E-state index contributed by atoms with van der Waals surface area (Å²) >= 11 is 0. The molecule has 0 aromatic heterocycles. The zero-order chi connectivity index (χ0) is 12.7. The molecular weight excluding hydrogens is 212 g/mol. The van der Waals surface area contributed by atoms with E-state index >= 15 is 0 Å². The number of hydrogen-bond donors (Lipinski definition) is 1. The fourth-order valence-electron chi connectivity index (χ4n) is 2.06. The largest absolute Gasteiger partial charge is 0.393 e. The van der Waals surface area contributed by atoms with Crippen molar-refractivity contribution in [3.05, 3.63) is 35.9 Å². The molecule has 0 radical (unpaired) electrons. The molecule has 0 fully saturated rings. The van der Waals surface area contributed by atoms with Gasteiger partial charge in [0.15, 0.2) is 0 Å². The lowest BCUT2D eigenvalue weighted by atomic mass is 10.0. The Morgan fingerprint density at radius 3 is 2.35 bits per heavy atom. The normalized spacial score (nSPS) is 16.5. The van der Waals surface area contributed by atoms with E-state index in [1.807, 2.05) is 25.1 Å². The maximum atomic E-state index is 9.36. The quantitative estimate of drug-likeness (QED) is 0.782. The third-order valence-electron chi connectivity index (χ3n) is 2.79. The minimum absolute atomic E-state index is 0.0896. The summed E-state index contributed by atoms with van der Waals surface area (Å²) in [6.07, 6.45) is 2.74. The number of rotatable bonds is 7. The zero-order valence-electron chi connectivity index (χ0n) is 11.1. The van der Waals surface area contributed by atoms with Crippen LogP contribution in [0.1, 0.15) is 51.7 Å². The van der Waals surface area contributed by atoms with Gasteiger partial charge in [-0.15, -0.1) is 0 Å². The molecule has 1 rings (SSSR count). The van der Waals surface area contributed by atoms with Crippen molar-refractivity contribution in [3.63, 3.8) is 0 Å². The van der Waals surface area contributed by atoms with Gasteiger partial charge in [0.1, 0.15) is 0 Å². The van der Waals surface area contributed by atoms with Crippen LogP contribution < -0.4 is 0 Å². The number of hydrogen-bond acceptors (Lipinski definition) is 2. The fraction of sp³-hybridized carbons (Fsp3) is 0.600. The molecule has 0 bridgehead atoms. The maximum Gasteiger partial charge on any atom is 0.0828 e. The molecule has 1 aromatic rings. The molecule has 3 atom stereocenters. The number of aliphatic hydroxyl groups excluding tert-OH is 1. The molecule has 96 valence electrons. The summed E-state index contributed by atoms with van der Waals surface area (Å²) in [5, 5.41) is 9.36. The third kappa shape index (κ3) is 5.33. The highest BCUT2D eigenvalue weighted by molar-refractivity contribution is 5.17. The Balaban J connectivity index is 2.60. The summed E-state index contributed by atoms with van der Waals surface area (Å²) in [6.45, 7) is 5.99. The van der Waals surface area contributed by atoms with Gasteiger partial charge in [0, 0.05) is 0 Å². The van der Waals surface area contributed by atoms with Crippen LogP contribution in [-0.4, -0.2) is 17.3 Å². The Morgan fingerprint density at radius 1 is 1.18 bits per heavy atom. The van der Waals surface area contributed by atoms with Crippen molar-refractivity contribution < 1.29 is 9.84 Å². The first-order valence-electron chi connectivity index (χ1n) is 6.52. The topological polar surface area (TPSA) is 29.5 Å². The van der Waals surface area contributed by atoms with Gasteiger partial charge in [0.05, 0.1) is 18.3 Å². The summed E-state index contributed by atoms with van der Waals surface area (Å²) in [5.41, 5.74) is 1.23. The molecule has 0 aliphatic rings. The summed E-state index contributed by atoms with van der Waals surface area (Å²) in [7, 11) is 0. The summed E-state index contributed by atoms with van der Waals surface area (Å²) in [5.74, 6) is 0. The molecule has 0 spiro atoms. The van der Waals surface area contributed by atoms with Crippen LogP contribution in [0.3, 0.4) is 0 Å². The Labute approximate surface area is 105 Å². The molecule has 17 heavy (non-hydrogen) atoms. The van der Waals surface area contributed by atoms with Gasteiger partial charge < -0.3 is 9.84 Å². The van der Waals surface area contributed by atoms with Gasteiger partial charge in [0.25, 0.3) is 0 Å². The van der Waals surface area contributed by atoms with Crippen LogP contribution in [-0.2, 0) is 4.74 Å². The predicted octanol–water partition coefficient (Wildman–Crippen LogP) is 3.70. The SMILES string of the molecule is CCC[C@H](O[C@H](C)C[C@@H](C)O)c1ccccc1. The van der Waals surface area contributed by atoms with Crippen LogP contribution in [0.15, 0.2) is 30.3 Å². The van der Waals surface area contributed by atoms with Gasteiger partial charge in [0.2, 0.25) is 0 Å². The van der Waals surface area contributed by atoms with Crippen LogP contribution in [0.4, 0.5) is 0 Å². The van der Waals surface area contributed by atoms with Crippen molar-refractivity contribution in [1.29, 1.82) is 0 Å². The minimum Gasteiger partial charge on any atom is -0.393 e. The Hall–Kier alpha value is -0.860. The summed E-state index contributed by atoms with van der Waals surface area (Å²) in [6, 6.07) is 10.3. The monoisotopic (exact) mass is 236 g/mol. The van der Waals surface area contributed by atoms with E-state index in [2.05, 4.69) is 19.1 Å². The maximum absolute atomic E-state index is 9.36. The first kappa shape index (κ1) is 14.2. The lowest BCUT2D eigenvalue weighted by molar-refractivity contribution is -0.0294. The third-order valence-corrected chi connectivity index (χ3v) is 2.79. The molecule has 1 N–H and O–H groups in total. The molecule has 2 heteroatoms. The predicted molar refractivity (Wildman–Crippen MR) is 70.9 cm³/mol. The van der Waals surface area contributed by atoms with E-state index in [4.69, 9.17) is 4.74 Å². The number of benzene rings is 1. The van der Waals surface area contributed by atoms with Crippen molar-refractivity contribution >= 4 is 0 Å². The zero-order valence-corrected chi connectivity index (χ0v) is 11.1. The van der Waals surface area contributed by atoms with E-state index in [-0.39, 0.29) is 18.3 Å². The van der Waals surface area contributed by atoms with Crippen molar-refractivity contribution in [2.24, 2.45) is 0 Å². The van der Waals surface area contributed by atoms with Crippen LogP contribution in [0.25, 0.3) is 0 Å². The Bertz CT molecular complexity index is 295.